The standard InChI is InChI=1S/C11H17IN4/c1-2-3-4-5-9-8(12)6-7(10(13)14)11(15)16-9/h6H,2-5H2,1H3,(H3,13,14)(H2,15,16). The van der Waals surface area contributed by atoms with E-state index >= 15 is 0 Å². The van der Waals surface area contributed by atoms with Crippen molar-refractivity contribution in [2.24, 2.45) is 5.73 Å². The number of nitrogens with one attached hydrogen (secondary N) is 1. The van der Waals surface area contributed by atoms with E-state index in [-0.39, 0.29) is 5.84 Å². The van der Waals surface area contributed by atoms with Gasteiger partial charge in [0.25, 0.3) is 0 Å². The molecule has 0 aromatic carbocycles. The third-order valence-electron chi connectivity index (χ3n) is 2.39. The van der Waals surface area contributed by atoms with Crippen molar-refractivity contribution in [1.82, 2.24) is 4.98 Å². The van der Waals surface area contributed by atoms with E-state index in [1.54, 1.807) is 0 Å². The maximum absolute atomic E-state index is 7.37. The minimum atomic E-state index is -0.0250. The van der Waals surface area contributed by atoms with Gasteiger partial charge in [0.1, 0.15) is 11.7 Å². The summed E-state index contributed by atoms with van der Waals surface area (Å²) in [5, 5.41) is 7.37. The van der Waals surface area contributed by atoms with Crippen LogP contribution in [0.5, 0.6) is 0 Å². The van der Waals surface area contributed by atoms with Gasteiger partial charge in [-0.15, -0.1) is 0 Å². The summed E-state index contributed by atoms with van der Waals surface area (Å²) < 4.78 is 1.04. The molecular formula is C11H17IN4. The van der Waals surface area contributed by atoms with Gasteiger partial charge in [0.15, 0.2) is 0 Å². The van der Waals surface area contributed by atoms with Crippen molar-refractivity contribution in [1.29, 1.82) is 5.41 Å². The van der Waals surface area contributed by atoms with Gasteiger partial charge in [0, 0.05) is 3.57 Å². The summed E-state index contributed by atoms with van der Waals surface area (Å²) in [5.74, 6) is 0.336. The number of unbranched alkanes of at least 4 members (excludes halogenated alkanes) is 2. The van der Waals surface area contributed by atoms with E-state index in [0.717, 1.165) is 22.1 Å². The quantitative estimate of drug-likeness (QED) is 0.334. The van der Waals surface area contributed by atoms with Crippen LogP contribution in [0.15, 0.2) is 6.07 Å². The van der Waals surface area contributed by atoms with Crippen molar-refractivity contribution in [2.45, 2.75) is 32.6 Å². The number of aromatic nitrogens is 1. The number of halogens is 1. The summed E-state index contributed by atoms with van der Waals surface area (Å²) in [5.41, 5.74) is 12.7. The lowest BCUT2D eigenvalue weighted by Crippen LogP contribution is -2.16. The molecule has 4 nitrogen and oxygen atoms in total. The van der Waals surface area contributed by atoms with Crippen molar-refractivity contribution in [3.05, 3.63) is 20.9 Å². The van der Waals surface area contributed by atoms with Gasteiger partial charge < -0.3 is 11.5 Å². The second-order valence-electron chi connectivity index (χ2n) is 3.72. The topological polar surface area (TPSA) is 88.8 Å². The first-order valence-electron chi connectivity index (χ1n) is 5.35. The van der Waals surface area contributed by atoms with Gasteiger partial charge in [0.2, 0.25) is 0 Å². The number of hydrogen-bond acceptors (Lipinski definition) is 3. The predicted octanol–water partition coefficient (Wildman–Crippen LogP) is 2.29. The van der Waals surface area contributed by atoms with Crippen LogP contribution < -0.4 is 11.5 Å². The average Bonchev–Trinajstić information content (AvgIpc) is 2.22. The zero-order valence-electron chi connectivity index (χ0n) is 9.39. The SMILES string of the molecule is CCCCCc1nc(N)c(C(=N)N)cc1I. The van der Waals surface area contributed by atoms with Crippen molar-refractivity contribution < 1.29 is 0 Å². The number of hydrogen-bond donors (Lipinski definition) is 3. The molecule has 0 unspecified atom stereocenters. The zero-order valence-corrected chi connectivity index (χ0v) is 11.5. The Labute approximate surface area is 109 Å². The minimum Gasteiger partial charge on any atom is -0.384 e. The molecule has 1 aromatic heterocycles. The van der Waals surface area contributed by atoms with Crippen molar-refractivity contribution >= 4 is 34.2 Å². The number of rotatable bonds is 5. The third-order valence-corrected chi connectivity index (χ3v) is 3.32. The number of amidine groups is 1. The first-order valence-corrected chi connectivity index (χ1v) is 6.43. The van der Waals surface area contributed by atoms with Gasteiger partial charge in [0.05, 0.1) is 11.3 Å². The number of pyridine rings is 1. The summed E-state index contributed by atoms with van der Waals surface area (Å²) in [6, 6.07) is 1.84. The highest BCUT2D eigenvalue weighted by atomic mass is 127. The molecule has 5 N–H and O–H groups in total. The summed E-state index contributed by atoms with van der Waals surface area (Å²) in [6.07, 6.45) is 4.45. The largest absolute Gasteiger partial charge is 0.384 e. The molecule has 0 amide bonds. The summed E-state index contributed by atoms with van der Waals surface area (Å²) in [6.45, 7) is 2.17. The number of aryl methyl sites for hydroxylation is 1. The van der Waals surface area contributed by atoms with E-state index in [0.29, 0.717) is 11.4 Å². The molecule has 0 atom stereocenters. The van der Waals surface area contributed by atoms with Gasteiger partial charge in [-0.25, -0.2) is 4.98 Å². The molecule has 0 spiro atoms. The predicted molar refractivity (Wildman–Crippen MR) is 75.6 cm³/mol. The average molecular weight is 332 g/mol. The minimum absolute atomic E-state index is 0.0250. The van der Waals surface area contributed by atoms with Gasteiger partial charge >= 0.3 is 0 Å². The first-order chi connectivity index (χ1) is 7.56. The molecule has 1 rings (SSSR count). The van der Waals surface area contributed by atoms with E-state index < -0.39 is 0 Å². The fourth-order valence-electron chi connectivity index (χ4n) is 1.48. The molecule has 0 aliphatic rings. The van der Waals surface area contributed by atoms with Gasteiger partial charge in [-0.05, 0) is 41.5 Å². The molecule has 0 saturated carbocycles. The van der Waals surface area contributed by atoms with Crippen molar-refractivity contribution in [2.75, 3.05) is 5.73 Å². The van der Waals surface area contributed by atoms with Crippen LogP contribution in [0, 0.1) is 8.98 Å². The molecule has 0 aliphatic heterocycles. The second kappa shape index (κ2) is 6.03. The fourth-order valence-corrected chi connectivity index (χ4v) is 2.18. The van der Waals surface area contributed by atoms with E-state index in [4.69, 9.17) is 16.9 Å². The molecule has 1 heterocycles. The first kappa shape index (κ1) is 13.2. The molecule has 0 bridgehead atoms. The molecule has 0 saturated heterocycles. The highest BCUT2D eigenvalue weighted by Crippen LogP contribution is 2.18. The van der Waals surface area contributed by atoms with Crippen LogP contribution in [-0.4, -0.2) is 10.8 Å². The van der Waals surface area contributed by atoms with Crippen molar-refractivity contribution in [3.8, 4) is 0 Å². The number of nitrogens with two attached hydrogens (primary N) is 2. The van der Waals surface area contributed by atoms with Crippen LogP contribution >= 0.6 is 22.6 Å². The molecule has 0 radical (unpaired) electrons. The highest BCUT2D eigenvalue weighted by molar-refractivity contribution is 14.1. The molecule has 1 aromatic rings. The van der Waals surface area contributed by atoms with E-state index in [9.17, 15) is 0 Å². The molecule has 0 fully saturated rings. The lowest BCUT2D eigenvalue weighted by molar-refractivity contribution is 0.706. The van der Waals surface area contributed by atoms with Crippen LogP contribution in [-0.2, 0) is 6.42 Å². The lowest BCUT2D eigenvalue weighted by atomic mass is 10.1. The monoisotopic (exact) mass is 332 g/mol. The molecule has 0 aliphatic carbocycles. The van der Waals surface area contributed by atoms with Gasteiger partial charge in [-0.1, -0.05) is 19.8 Å². The van der Waals surface area contributed by atoms with Crippen LogP contribution in [0.1, 0.15) is 37.4 Å². The summed E-state index contributed by atoms with van der Waals surface area (Å²) in [7, 11) is 0. The summed E-state index contributed by atoms with van der Waals surface area (Å²) >= 11 is 2.22. The van der Waals surface area contributed by atoms with Crippen LogP contribution in [0.2, 0.25) is 0 Å². The zero-order chi connectivity index (χ0) is 12.1. The van der Waals surface area contributed by atoms with Gasteiger partial charge in [-0.2, -0.15) is 0 Å². The van der Waals surface area contributed by atoms with E-state index in [1.807, 2.05) is 6.07 Å². The maximum atomic E-state index is 7.37. The Morgan fingerprint density at radius 2 is 2.19 bits per heavy atom. The molecule has 88 valence electrons. The Balaban J connectivity index is 2.88. The smallest absolute Gasteiger partial charge is 0.134 e. The van der Waals surface area contributed by atoms with E-state index in [1.165, 1.54) is 12.8 Å². The third kappa shape index (κ3) is 3.33. The van der Waals surface area contributed by atoms with Crippen LogP contribution in [0.3, 0.4) is 0 Å². The summed E-state index contributed by atoms with van der Waals surface area (Å²) in [4.78, 5) is 4.32. The van der Waals surface area contributed by atoms with Crippen molar-refractivity contribution in [3.63, 3.8) is 0 Å². The van der Waals surface area contributed by atoms with E-state index in [2.05, 4.69) is 34.5 Å². The fraction of sp³-hybridized carbons (Fsp3) is 0.455. The Bertz CT molecular complexity index is 390. The normalized spacial score (nSPS) is 10.4. The second-order valence-corrected chi connectivity index (χ2v) is 4.88. The Morgan fingerprint density at radius 1 is 1.50 bits per heavy atom. The Kier molecular flexibility index (Phi) is 4.98. The Hall–Kier alpha value is -0.850. The van der Waals surface area contributed by atoms with Gasteiger partial charge in [-0.3, -0.25) is 5.41 Å². The molecular weight excluding hydrogens is 315 g/mol. The van der Waals surface area contributed by atoms with Crippen LogP contribution in [0.4, 0.5) is 5.82 Å². The maximum Gasteiger partial charge on any atom is 0.134 e. The highest BCUT2D eigenvalue weighted by Gasteiger charge is 2.09. The van der Waals surface area contributed by atoms with Crippen LogP contribution in [0.25, 0.3) is 0 Å². The number of nitrogens with zero attached hydrogens (tertiary/aromatic N) is 1. The Morgan fingerprint density at radius 3 is 2.75 bits per heavy atom. The molecule has 5 heteroatoms. The molecule has 16 heavy (non-hydrogen) atoms. The number of nitrogen functional groups attached to an aromatic ring is 2. The lowest BCUT2D eigenvalue weighted by Gasteiger charge is -2.08. The number of anilines is 1.